The molecule has 0 saturated carbocycles. The van der Waals surface area contributed by atoms with Gasteiger partial charge in [0.1, 0.15) is 5.75 Å². The van der Waals surface area contributed by atoms with Gasteiger partial charge in [-0.2, -0.15) is 0 Å². The number of hydrogen-bond donors (Lipinski definition) is 0. The van der Waals surface area contributed by atoms with Crippen LogP contribution in [0.3, 0.4) is 0 Å². The fourth-order valence-corrected chi connectivity index (χ4v) is 1.58. The molecule has 0 fully saturated rings. The van der Waals surface area contributed by atoms with Crippen LogP contribution in [0, 0.1) is 6.92 Å². The minimum Gasteiger partial charge on any atom is -0.493 e. The van der Waals surface area contributed by atoms with Crippen molar-refractivity contribution >= 4 is 15.9 Å². The lowest BCUT2D eigenvalue weighted by atomic mass is 10.1. The van der Waals surface area contributed by atoms with Crippen molar-refractivity contribution in [1.29, 1.82) is 0 Å². The summed E-state index contributed by atoms with van der Waals surface area (Å²) in [4.78, 5) is 0. The molecule has 0 bridgehead atoms. The number of benzene rings is 1. The van der Waals surface area contributed by atoms with Gasteiger partial charge in [0.25, 0.3) is 0 Å². The Balaban J connectivity index is 2.52. The van der Waals surface area contributed by atoms with Crippen molar-refractivity contribution in [2.75, 3.05) is 13.7 Å². The fourth-order valence-electron chi connectivity index (χ4n) is 1.24. The molecule has 0 heterocycles. The molecular formula is C13H19BrO2. The van der Waals surface area contributed by atoms with E-state index in [2.05, 4.69) is 29.8 Å². The molecule has 0 N–H and O–H groups in total. The standard InChI is InChI=1S/C13H19BrO2/c1-10-5-6-11(14)9-12(10)16-8-7-13(2,3)15-4/h5-6,9H,7-8H2,1-4H3. The van der Waals surface area contributed by atoms with E-state index in [1.165, 1.54) is 0 Å². The number of rotatable bonds is 5. The smallest absolute Gasteiger partial charge is 0.123 e. The van der Waals surface area contributed by atoms with Crippen LogP contribution < -0.4 is 4.74 Å². The van der Waals surface area contributed by atoms with E-state index < -0.39 is 0 Å². The molecule has 0 saturated heterocycles. The Labute approximate surface area is 106 Å². The quantitative estimate of drug-likeness (QED) is 0.816. The lowest BCUT2D eigenvalue weighted by Gasteiger charge is -2.22. The van der Waals surface area contributed by atoms with E-state index in [0.29, 0.717) is 6.61 Å². The summed E-state index contributed by atoms with van der Waals surface area (Å²) < 4.78 is 12.1. The van der Waals surface area contributed by atoms with Gasteiger partial charge >= 0.3 is 0 Å². The van der Waals surface area contributed by atoms with Gasteiger partial charge in [-0.05, 0) is 38.5 Å². The minimum absolute atomic E-state index is 0.125. The molecule has 90 valence electrons. The Bertz CT molecular complexity index is 348. The third-order valence-electron chi connectivity index (χ3n) is 2.66. The molecule has 0 aliphatic carbocycles. The van der Waals surface area contributed by atoms with E-state index in [0.717, 1.165) is 22.2 Å². The molecule has 1 rings (SSSR count). The van der Waals surface area contributed by atoms with Crippen LogP contribution in [-0.4, -0.2) is 19.3 Å². The minimum atomic E-state index is -0.125. The first-order chi connectivity index (χ1) is 7.44. The molecule has 0 aromatic heterocycles. The summed E-state index contributed by atoms with van der Waals surface area (Å²) >= 11 is 3.44. The van der Waals surface area contributed by atoms with Crippen LogP contribution in [0.2, 0.25) is 0 Å². The topological polar surface area (TPSA) is 18.5 Å². The zero-order valence-electron chi connectivity index (χ0n) is 10.3. The van der Waals surface area contributed by atoms with Crippen molar-refractivity contribution < 1.29 is 9.47 Å². The zero-order chi connectivity index (χ0) is 12.2. The highest BCUT2D eigenvalue weighted by atomic mass is 79.9. The molecule has 0 radical (unpaired) electrons. The Hall–Kier alpha value is -0.540. The molecule has 1 aromatic rings. The van der Waals surface area contributed by atoms with Crippen molar-refractivity contribution in [3.8, 4) is 5.75 Å². The van der Waals surface area contributed by atoms with Crippen LogP contribution in [0.5, 0.6) is 5.75 Å². The first-order valence-corrected chi connectivity index (χ1v) is 6.18. The van der Waals surface area contributed by atoms with Gasteiger partial charge in [0.2, 0.25) is 0 Å². The highest BCUT2D eigenvalue weighted by Gasteiger charge is 2.16. The largest absolute Gasteiger partial charge is 0.493 e. The SMILES string of the molecule is COC(C)(C)CCOc1cc(Br)ccc1C. The van der Waals surface area contributed by atoms with Crippen molar-refractivity contribution in [1.82, 2.24) is 0 Å². The van der Waals surface area contributed by atoms with E-state index in [4.69, 9.17) is 9.47 Å². The third-order valence-corrected chi connectivity index (χ3v) is 3.16. The second kappa shape index (κ2) is 5.69. The summed E-state index contributed by atoms with van der Waals surface area (Å²) in [5.41, 5.74) is 1.03. The summed E-state index contributed by atoms with van der Waals surface area (Å²) in [6.45, 7) is 6.83. The Morgan fingerprint density at radius 2 is 2.00 bits per heavy atom. The lowest BCUT2D eigenvalue weighted by molar-refractivity contribution is 0.00539. The molecule has 3 heteroatoms. The Morgan fingerprint density at radius 1 is 1.31 bits per heavy atom. The summed E-state index contributed by atoms with van der Waals surface area (Å²) in [7, 11) is 1.73. The lowest BCUT2D eigenvalue weighted by Crippen LogP contribution is -2.25. The van der Waals surface area contributed by atoms with Gasteiger partial charge in [-0.25, -0.2) is 0 Å². The number of methoxy groups -OCH3 is 1. The summed E-state index contributed by atoms with van der Waals surface area (Å²) in [6, 6.07) is 6.05. The molecule has 0 unspecified atom stereocenters. The van der Waals surface area contributed by atoms with Gasteiger partial charge in [-0.15, -0.1) is 0 Å². The Morgan fingerprint density at radius 3 is 2.62 bits per heavy atom. The third kappa shape index (κ3) is 4.14. The summed E-state index contributed by atoms with van der Waals surface area (Å²) in [5.74, 6) is 0.932. The molecule has 0 aliphatic heterocycles. The molecule has 0 atom stereocenters. The average Bonchev–Trinajstić information content (AvgIpc) is 2.23. The van der Waals surface area contributed by atoms with Crippen LogP contribution in [0.25, 0.3) is 0 Å². The van der Waals surface area contributed by atoms with Crippen LogP contribution in [-0.2, 0) is 4.74 Å². The van der Waals surface area contributed by atoms with Gasteiger partial charge in [0.15, 0.2) is 0 Å². The van der Waals surface area contributed by atoms with E-state index in [1.54, 1.807) is 7.11 Å². The second-order valence-corrected chi connectivity index (χ2v) is 5.39. The van der Waals surface area contributed by atoms with Gasteiger partial charge in [-0.1, -0.05) is 22.0 Å². The number of hydrogen-bond acceptors (Lipinski definition) is 2. The van der Waals surface area contributed by atoms with Gasteiger partial charge in [0.05, 0.1) is 12.2 Å². The maximum atomic E-state index is 5.75. The molecule has 0 aliphatic rings. The predicted molar refractivity (Wildman–Crippen MR) is 70.1 cm³/mol. The predicted octanol–water partition coefficient (Wildman–Crippen LogP) is 3.95. The van der Waals surface area contributed by atoms with Crippen molar-refractivity contribution in [2.24, 2.45) is 0 Å². The monoisotopic (exact) mass is 286 g/mol. The maximum absolute atomic E-state index is 5.75. The highest BCUT2D eigenvalue weighted by molar-refractivity contribution is 9.10. The van der Waals surface area contributed by atoms with Gasteiger partial charge in [0, 0.05) is 18.0 Å². The number of aryl methyl sites for hydroxylation is 1. The fraction of sp³-hybridized carbons (Fsp3) is 0.538. The normalized spacial score (nSPS) is 11.6. The number of halogens is 1. The van der Waals surface area contributed by atoms with E-state index in [1.807, 2.05) is 25.1 Å². The van der Waals surface area contributed by atoms with Gasteiger partial charge < -0.3 is 9.47 Å². The van der Waals surface area contributed by atoms with Crippen LogP contribution in [0.1, 0.15) is 25.8 Å². The van der Waals surface area contributed by atoms with E-state index in [-0.39, 0.29) is 5.60 Å². The zero-order valence-corrected chi connectivity index (χ0v) is 11.9. The molecule has 16 heavy (non-hydrogen) atoms. The number of ether oxygens (including phenoxy) is 2. The first kappa shape index (κ1) is 13.5. The Kier molecular flexibility index (Phi) is 4.81. The summed E-state index contributed by atoms with van der Waals surface area (Å²) in [5, 5.41) is 0. The molecule has 2 nitrogen and oxygen atoms in total. The molecular weight excluding hydrogens is 268 g/mol. The summed E-state index contributed by atoms with van der Waals surface area (Å²) in [6.07, 6.45) is 0.870. The van der Waals surface area contributed by atoms with Crippen LogP contribution in [0.4, 0.5) is 0 Å². The highest BCUT2D eigenvalue weighted by Crippen LogP contribution is 2.23. The second-order valence-electron chi connectivity index (χ2n) is 4.47. The molecule has 1 aromatic carbocycles. The van der Waals surface area contributed by atoms with E-state index >= 15 is 0 Å². The van der Waals surface area contributed by atoms with Crippen molar-refractivity contribution in [3.63, 3.8) is 0 Å². The molecule has 0 spiro atoms. The molecule has 0 amide bonds. The average molecular weight is 287 g/mol. The van der Waals surface area contributed by atoms with Crippen molar-refractivity contribution in [3.05, 3.63) is 28.2 Å². The van der Waals surface area contributed by atoms with E-state index in [9.17, 15) is 0 Å². The van der Waals surface area contributed by atoms with Crippen LogP contribution in [0.15, 0.2) is 22.7 Å². The van der Waals surface area contributed by atoms with Gasteiger partial charge in [-0.3, -0.25) is 0 Å². The first-order valence-electron chi connectivity index (χ1n) is 5.39. The maximum Gasteiger partial charge on any atom is 0.123 e. The van der Waals surface area contributed by atoms with Crippen LogP contribution >= 0.6 is 15.9 Å². The van der Waals surface area contributed by atoms with Crippen molar-refractivity contribution in [2.45, 2.75) is 32.8 Å².